The normalized spacial score (nSPS) is 12.0. The Kier molecular flexibility index (Phi) is 2.26. The Labute approximate surface area is 44.5 Å². The molecule has 0 spiro atoms. The van der Waals surface area contributed by atoms with Crippen molar-refractivity contribution in [3.63, 3.8) is 0 Å². The van der Waals surface area contributed by atoms with Crippen LogP contribution in [-0.2, 0) is 0 Å². The summed E-state index contributed by atoms with van der Waals surface area (Å²) in [6, 6.07) is 0. The van der Waals surface area contributed by atoms with E-state index >= 15 is 0 Å². The zero-order valence-corrected chi connectivity index (χ0v) is 4.86. The van der Waals surface area contributed by atoms with Crippen LogP contribution in [0, 0.1) is 6.92 Å². The summed E-state index contributed by atoms with van der Waals surface area (Å²) in [6.07, 6.45) is 0. The van der Waals surface area contributed by atoms with Crippen LogP contribution in [-0.4, -0.2) is 24.3 Å². The first-order valence-corrected chi connectivity index (χ1v) is 2.28. The predicted molar refractivity (Wildman–Crippen MR) is 29.9 cm³/mol. The van der Waals surface area contributed by atoms with Crippen LogP contribution in [0.3, 0.4) is 0 Å². The molecule has 0 aliphatic rings. The van der Waals surface area contributed by atoms with E-state index in [1.54, 1.807) is 14.0 Å². The van der Waals surface area contributed by atoms with Gasteiger partial charge in [0.25, 0.3) is 0 Å². The first-order valence-electron chi connectivity index (χ1n) is 2.28. The minimum atomic E-state index is -0.811. The number of hydrogen-bond acceptors (Lipinski definition) is 2. The van der Waals surface area contributed by atoms with E-state index in [2.05, 4.69) is 12.2 Å². The summed E-state index contributed by atoms with van der Waals surface area (Å²) in [7, 11) is 1.78. The van der Waals surface area contributed by atoms with Crippen LogP contribution in [0.1, 0.15) is 6.92 Å². The van der Waals surface area contributed by atoms with Crippen molar-refractivity contribution in [2.45, 2.75) is 12.5 Å². The minimum absolute atomic E-state index is 0.535. The molecule has 0 aromatic carbocycles. The van der Waals surface area contributed by atoms with Gasteiger partial charge in [-0.1, -0.05) is 0 Å². The lowest BCUT2D eigenvalue weighted by atomic mass is 10.1. The highest BCUT2D eigenvalue weighted by Gasteiger charge is 2.08. The first-order chi connectivity index (χ1) is 3.06. The number of hydrogen-bond donors (Lipinski definition) is 2. The maximum Gasteiger partial charge on any atom is 0.0744 e. The maximum atomic E-state index is 8.84. The molecule has 1 radical (unpaired) electrons. The van der Waals surface area contributed by atoms with Gasteiger partial charge in [-0.25, -0.2) is 0 Å². The average Bonchev–Trinajstić information content (AvgIpc) is 1.30. The minimum Gasteiger partial charge on any atom is -0.389 e. The quantitative estimate of drug-likeness (QED) is 0.505. The summed E-state index contributed by atoms with van der Waals surface area (Å²) < 4.78 is 0. The van der Waals surface area contributed by atoms with Crippen LogP contribution in [0.25, 0.3) is 0 Å². The molecule has 0 saturated carbocycles. The lowest BCUT2D eigenvalue weighted by Gasteiger charge is -2.14. The molecule has 0 aromatic heterocycles. The molecule has 1 unspecified atom stereocenters. The molecule has 2 nitrogen and oxygen atoms in total. The summed E-state index contributed by atoms with van der Waals surface area (Å²) in [5, 5.41) is 11.6. The summed E-state index contributed by atoms with van der Waals surface area (Å²) in [5.41, 5.74) is -0.811. The molecule has 0 fully saturated rings. The van der Waals surface area contributed by atoms with Crippen molar-refractivity contribution in [1.29, 1.82) is 0 Å². The van der Waals surface area contributed by atoms with Gasteiger partial charge >= 0.3 is 0 Å². The zero-order valence-electron chi connectivity index (χ0n) is 4.86. The Balaban J connectivity index is 3.15. The van der Waals surface area contributed by atoms with Crippen LogP contribution in [0.2, 0.25) is 0 Å². The molecule has 0 saturated heterocycles. The highest BCUT2D eigenvalue weighted by Crippen LogP contribution is 1.94. The third kappa shape index (κ3) is 5.92. The van der Waals surface area contributed by atoms with E-state index < -0.39 is 5.60 Å². The molecule has 0 rings (SSSR count). The second-order valence-corrected chi connectivity index (χ2v) is 2.03. The molecule has 0 aromatic rings. The smallest absolute Gasteiger partial charge is 0.0744 e. The highest BCUT2D eigenvalue weighted by atomic mass is 16.3. The SMILES string of the molecule is [CH2]C(C)(O)CNC. The molecule has 0 aliphatic heterocycles. The third-order valence-corrected chi connectivity index (χ3v) is 0.558. The molecular formula is C5H12NO. The monoisotopic (exact) mass is 102 g/mol. The molecule has 0 bridgehead atoms. The first kappa shape index (κ1) is 6.92. The van der Waals surface area contributed by atoms with Gasteiger partial charge in [0.2, 0.25) is 0 Å². The van der Waals surface area contributed by atoms with E-state index in [-0.39, 0.29) is 0 Å². The molecule has 0 aliphatic carbocycles. The summed E-state index contributed by atoms with van der Waals surface area (Å²) in [5.74, 6) is 0. The summed E-state index contributed by atoms with van der Waals surface area (Å²) >= 11 is 0. The van der Waals surface area contributed by atoms with Gasteiger partial charge in [0.15, 0.2) is 0 Å². The van der Waals surface area contributed by atoms with E-state index in [0.717, 1.165) is 0 Å². The Bertz CT molecular complexity index is 46.5. The van der Waals surface area contributed by atoms with Crippen LogP contribution in [0.4, 0.5) is 0 Å². The van der Waals surface area contributed by atoms with Crippen molar-refractivity contribution in [1.82, 2.24) is 5.32 Å². The van der Waals surface area contributed by atoms with E-state index in [4.69, 9.17) is 5.11 Å². The fourth-order valence-electron chi connectivity index (χ4n) is 0.381. The second-order valence-electron chi connectivity index (χ2n) is 2.03. The van der Waals surface area contributed by atoms with Crippen molar-refractivity contribution in [3.8, 4) is 0 Å². The van der Waals surface area contributed by atoms with Gasteiger partial charge in [-0.2, -0.15) is 0 Å². The largest absolute Gasteiger partial charge is 0.389 e. The molecule has 2 N–H and O–H groups in total. The predicted octanol–water partition coefficient (Wildman–Crippen LogP) is -0.209. The molecule has 43 valence electrons. The number of aliphatic hydroxyl groups is 1. The van der Waals surface area contributed by atoms with Crippen molar-refractivity contribution in [2.75, 3.05) is 13.6 Å². The number of likely N-dealkylation sites (N-methyl/N-ethyl adjacent to an activating group) is 1. The molecule has 0 heterocycles. The van der Waals surface area contributed by atoms with Crippen LogP contribution in [0.5, 0.6) is 0 Å². The number of nitrogens with one attached hydrogen (secondary N) is 1. The Hall–Kier alpha value is -0.0800. The molecule has 1 atom stereocenters. The van der Waals surface area contributed by atoms with Crippen molar-refractivity contribution in [2.24, 2.45) is 0 Å². The molecule has 2 heteroatoms. The summed E-state index contributed by atoms with van der Waals surface area (Å²) in [6.45, 7) is 5.64. The Morgan fingerprint density at radius 3 is 2.29 bits per heavy atom. The van der Waals surface area contributed by atoms with Crippen molar-refractivity contribution >= 4 is 0 Å². The Morgan fingerprint density at radius 2 is 2.29 bits per heavy atom. The van der Waals surface area contributed by atoms with Crippen LogP contribution < -0.4 is 5.32 Å². The van der Waals surface area contributed by atoms with E-state index in [0.29, 0.717) is 6.54 Å². The molecule has 0 amide bonds. The highest BCUT2D eigenvalue weighted by molar-refractivity contribution is 4.75. The molecular weight excluding hydrogens is 90.1 g/mol. The van der Waals surface area contributed by atoms with Crippen molar-refractivity contribution in [3.05, 3.63) is 6.92 Å². The summed E-state index contributed by atoms with van der Waals surface area (Å²) in [4.78, 5) is 0. The zero-order chi connectivity index (χ0) is 5.91. The van der Waals surface area contributed by atoms with Crippen LogP contribution in [0.15, 0.2) is 0 Å². The van der Waals surface area contributed by atoms with Crippen LogP contribution >= 0.6 is 0 Å². The fraction of sp³-hybridized carbons (Fsp3) is 0.800. The lowest BCUT2D eigenvalue weighted by Crippen LogP contribution is -2.32. The second kappa shape index (κ2) is 2.28. The van der Waals surface area contributed by atoms with Gasteiger partial charge in [-0.3, -0.25) is 0 Å². The van der Waals surface area contributed by atoms with Gasteiger partial charge in [0, 0.05) is 6.54 Å². The van der Waals surface area contributed by atoms with E-state index in [1.165, 1.54) is 0 Å². The molecule has 7 heavy (non-hydrogen) atoms. The van der Waals surface area contributed by atoms with E-state index in [9.17, 15) is 0 Å². The van der Waals surface area contributed by atoms with Gasteiger partial charge in [0.05, 0.1) is 5.60 Å². The van der Waals surface area contributed by atoms with Gasteiger partial charge < -0.3 is 10.4 Å². The third-order valence-electron chi connectivity index (χ3n) is 0.558. The maximum absolute atomic E-state index is 8.84. The lowest BCUT2D eigenvalue weighted by molar-refractivity contribution is 0.110. The van der Waals surface area contributed by atoms with Gasteiger partial charge in [-0.15, -0.1) is 0 Å². The van der Waals surface area contributed by atoms with Gasteiger partial charge in [0.1, 0.15) is 0 Å². The van der Waals surface area contributed by atoms with Gasteiger partial charge in [-0.05, 0) is 20.9 Å². The fourth-order valence-corrected chi connectivity index (χ4v) is 0.381. The number of rotatable bonds is 2. The average molecular weight is 102 g/mol. The topological polar surface area (TPSA) is 32.3 Å². The van der Waals surface area contributed by atoms with Crippen molar-refractivity contribution < 1.29 is 5.11 Å². The van der Waals surface area contributed by atoms with E-state index in [1.807, 2.05) is 0 Å². The standard InChI is InChI=1S/C5H12NO/c1-5(2,7)4-6-3/h6-7H,1,4H2,2-3H3. The Morgan fingerprint density at radius 1 is 1.86 bits per heavy atom.